The van der Waals surface area contributed by atoms with E-state index in [0.29, 0.717) is 24.0 Å². The van der Waals surface area contributed by atoms with Crippen molar-refractivity contribution < 1.29 is 14.6 Å². The van der Waals surface area contributed by atoms with Crippen molar-refractivity contribution in [2.24, 2.45) is 22.3 Å². The highest BCUT2D eigenvalue weighted by Gasteiger charge is 2.39. The molecule has 44 heavy (non-hydrogen) atoms. The largest absolute Gasteiger partial charge is 0.491 e. The molecule has 2 aromatic carbocycles. The van der Waals surface area contributed by atoms with E-state index in [2.05, 4.69) is 53.2 Å². The molecule has 2 heterocycles. The van der Waals surface area contributed by atoms with Crippen molar-refractivity contribution in [2.45, 2.75) is 83.0 Å². The molecule has 240 valence electrons. The molecule has 2 N–H and O–H groups in total. The fourth-order valence-corrected chi connectivity index (χ4v) is 9.51. The van der Waals surface area contributed by atoms with Crippen molar-refractivity contribution in [3.05, 3.63) is 75.2 Å². The summed E-state index contributed by atoms with van der Waals surface area (Å²) in [6.45, 7) is 8.44. The Bertz CT molecular complexity index is 1370. The average molecular weight is 642 g/mol. The molecule has 1 fully saturated rings. The second-order valence-electron chi connectivity index (χ2n) is 13.4. The number of halogens is 1. The number of nitrogens with one attached hydrogen (secondary N) is 1. The zero-order valence-electron chi connectivity index (χ0n) is 26.5. The van der Waals surface area contributed by atoms with Gasteiger partial charge in [0.15, 0.2) is 0 Å². The van der Waals surface area contributed by atoms with E-state index in [1.807, 2.05) is 30.5 Å². The number of fused-ring (bicyclic) bond motifs is 2. The summed E-state index contributed by atoms with van der Waals surface area (Å²) in [4.78, 5) is 28.5. The van der Waals surface area contributed by atoms with Gasteiger partial charge in [0.1, 0.15) is 5.75 Å². The first-order valence-electron chi connectivity index (χ1n) is 16.2. The zero-order valence-corrected chi connectivity index (χ0v) is 28.1. The second kappa shape index (κ2) is 14.3. The van der Waals surface area contributed by atoms with Crippen LogP contribution in [0, 0.1) is 22.7 Å². The number of aliphatic hydroxyl groups is 1. The van der Waals surface area contributed by atoms with E-state index in [9.17, 15) is 14.8 Å². The highest BCUT2D eigenvalue weighted by atomic mass is 35.5. The minimum absolute atomic E-state index is 0.0618. The van der Waals surface area contributed by atoms with E-state index in [0.717, 1.165) is 74.5 Å². The molecular weight excluding hydrogens is 594 g/mol. The highest BCUT2D eigenvalue weighted by molar-refractivity contribution is 8.31. The quantitative estimate of drug-likeness (QED) is 0.245. The van der Waals surface area contributed by atoms with E-state index in [-0.39, 0.29) is 23.0 Å². The maximum Gasteiger partial charge on any atom is 0.261 e. The number of rotatable bonds is 6. The number of hydrogen-bond donors (Lipinski definition) is 2. The molecule has 5 unspecified atom stereocenters. The summed E-state index contributed by atoms with van der Waals surface area (Å²) < 4.78 is 13.1. The number of benzene rings is 2. The van der Waals surface area contributed by atoms with Crippen molar-refractivity contribution in [3.63, 3.8) is 0 Å². The van der Waals surface area contributed by atoms with Crippen LogP contribution >= 0.6 is 22.0 Å². The van der Waals surface area contributed by atoms with Crippen LogP contribution in [0.1, 0.15) is 86.7 Å². The van der Waals surface area contributed by atoms with Crippen LogP contribution in [0.5, 0.6) is 5.75 Å². The molecule has 1 amide bonds. The predicted octanol–water partition coefficient (Wildman–Crippen LogP) is 8.19. The number of carbonyl (C=O) groups is 1. The number of anilines is 1. The van der Waals surface area contributed by atoms with Crippen molar-refractivity contribution in [2.75, 3.05) is 30.9 Å². The third-order valence-corrected chi connectivity index (χ3v) is 12.6. The molecule has 1 saturated carbocycles. The number of nitroso groups, excluding NO2 is 1. The molecule has 2 aromatic rings. The molecule has 2 aliphatic heterocycles. The fourth-order valence-electron chi connectivity index (χ4n) is 7.14. The topological polar surface area (TPSA) is 91.2 Å². The maximum absolute atomic E-state index is 13.8. The second-order valence-corrected chi connectivity index (χ2v) is 16.7. The Morgan fingerprint density at radius 2 is 1.98 bits per heavy atom. The number of ether oxygens (including phenoxy) is 1. The van der Waals surface area contributed by atoms with Crippen molar-refractivity contribution in [1.82, 2.24) is 4.72 Å². The Hall–Kier alpha value is -2.55. The SMILES string of the molecule is CCCc1cc(Cl)ccc1C1COc2ccc3cc2N(C1)CC1CCC1C(O)/C=C/CC[C@@H](CC(C)C)S(C)(N=O)NC3=O. The number of nitrogens with zero attached hydrogens (tertiary/aromatic N) is 2. The summed E-state index contributed by atoms with van der Waals surface area (Å²) in [5.74, 6) is 1.44. The average Bonchev–Trinajstić information content (AvgIpc) is 3.15. The van der Waals surface area contributed by atoms with Gasteiger partial charge < -0.3 is 14.7 Å². The normalized spacial score (nSPS) is 31.4. The van der Waals surface area contributed by atoms with Gasteiger partial charge in [-0.2, -0.15) is 0 Å². The monoisotopic (exact) mass is 641 g/mol. The first-order valence-corrected chi connectivity index (χ1v) is 18.6. The molecule has 5 rings (SSSR count). The molecular formula is C35H48ClN3O4S. The van der Waals surface area contributed by atoms with Crippen LogP contribution in [0.2, 0.25) is 5.02 Å². The number of aryl methyl sites for hydroxylation is 1. The Morgan fingerprint density at radius 3 is 2.68 bits per heavy atom. The lowest BCUT2D eigenvalue weighted by Crippen LogP contribution is -2.44. The highest BCUT2D eigenvalue weighted by Crippen LogP contribution is 2.51. The fraction of sp³-hybridized carbons (Fsp3) is 0.571. The molecule has 9 heteroatoms. The predicted molar refractivity (Wildman–Crippen MR) is 183 cm³/mol. The summed E-state index contributed by atoms with van der Waals surface area (Å²) in [5.41, 5.74) is 3.87. The standard InChI is InChI=1S/C35H48ClN3O4S/c1-5-8-24-18-28(36)13-15-30(24)27-21-39-20-26-11-14-31(26)33(40)10-7-6-9-29(17-23(2)3)44(4,38-42)37-35(41)25-12-16-34(43-22-27)32(39)19-25/h7,10,12-13,15-16,18-19,23,26-27,29,31,33,40H,5-6,8-9,11,14,17,20-22H2,1-4H3,(H,37,41)/b10-7+/t26?,27?,29-,31?,33?/m0/s1. The lowest BCUT2D eigenvalue weighted by Gasteiger charge is -2.43. The van der Waals surface area contributed by atoms with E-state index < -0.39 is 16.5 Å². The lowest BCUT2D eigenvalue weighted by atomic mass is 9.70. The van der Waals surface area contributed by atoms with Gasteiger partial charge >= 0.3 is 0 Å². The molecule has 0 radical (unpaired) electrons. The van der Waals surface area contributed by atoms with E-state index in [1.54, 1.807) is 6.07 Å². The van der Waals surface area contributed by atoms with Gasteiger partial charge in [-0.25, -0.2) is 0 Å². The third-order valence-electron chi connectivity index (χ3n) is 9.70. The summed E-state index contributed by atoms with van der Waals surface area (Å²) >= 11 is 6.41. The van der Waals surface area contributed by atoms with Crippen molar-refractivity contribution >= 4 is 33.6 Å². The zero-order chi connectivity index (χ0) is 31.4. The first-order chi connectivity index (χ1) is 21.1. The van der Waals surface area contributed by atoms with Gasteiger partial charge in [0.05, 0.1) is 18.4 Å². The van der Waals surface area contributed by atoms with E-state index in [4.69, 9.17) is 16.3 Å². The Labute approximate surface area is 269 Å². The molecule has 0 aromatic heterocycles. The van der Waals surface area contributed by atoms with Crippen LogP contribution < -0.4 is 14.4 Å². The first kappa shape index (κ1) is 32.8. The van der Waals surface area contributed by atoms with Gasteiger partial charge in [-0.15, -0.1) is 4.91 Å². The number of hydrogen-bond acceptors (Lipinski definition) is 6. The lowest BCUT2D eigenvalue weighted by molar-refractivity contribution is 0.0461. The van der Waals surface area contributed by atoms with Gasteiger partial charge in [-0.3, -0.25) is 9.52 Å². The van der Waals surface area contributed by atoms with Crippen LogP contribution in [0.3, 0.4) is 0 Å². The molecule has 7 nitrogen and oxygen atoms in total. The summed E-state index contributed by atoms with van der Waals surface area (Å²) in [5, 5.41) is 11.9. The molecule has 0 saturated heterocycles. The van der Waals surface area contributed by atoms with Crippen molar-refractivity contribution in [3.8, 4) is 5.75 Å². The molecule has 6 atom stereocenters. The van der Waals surface area contributed by atoms with Crippen molar-refractivity contribution in [1.29, 1.82) is 0 Å². The van der Waals surface area contributed by atoms with Gasteiger partial charge in [0.25, 0.3) is 5.91 Å². The van der Waals surface area contributed by atoms with Gasteiger partial charge in [-0.05, 0) is 108 Å². The van der Waals surface area contributed by atoms with Crippen LogP contribution in [-0.4, -0.2) is 48.3 Å². The number of allylic oxidation sites excluding steroid dienone is 1. The van der Waals surface area contributed by atoms with Gasteiger partial charge in [-0.1, -0.05) is 57.0 Å². The third kappa shape index (κ3) is 7.29. The summed E-state index contributed by atoms with van der Waals surface area (Å²) in [6.07, 6.45) is 11.6. The minimum atomic E-state index is -2.34. The van der Waals surface area contributed by atoms with Crippen LogP contribution in [0.25, 0.3) is 0 Å². The molecule has 0 spiro atoms. The molecule has 1 aliphatic carbocycles. The van der Waals surface area contributed by atoms with E-state index >= 15 is 0 Å². The molecule has 3 aliphatic rings. The van der Waals surface area contributed by atoms with E-state index in [1.165, 1.54) is 11.1 Å². The maximum atomic E-state index is 13.8. The number of amides is 1. The number of carbonyl (C=O) groups excluding carboxylic acids is 1. The smallest absolute Gasteiger partial charge is 0.261 e. The van der Waals surface area contributed by atoms with Crippen LogP contribution in [0.15, 0.2) is 53.1 Å². The number of aliphatic hydroxyl groups excluding tert-OH is 1. The van der Waals surface area contributed by atoms with Gasteiger partial charge in [0.2, 0.25) is 0 Å². The van der Waals surface area contributed by atoms with Crippen LogP contribution in [-0.2, 0) is 6.42 Å². The Balaban J connectivity index is 1.54. The molecule has 2 bridgehead atoms. The Kier molecular flexibility index (Phi) is 10.6. The Morgan fingerprint density at radius 1 is 1.16 bits per heavy atom. The summed E-state index contributed by atoms with van der Waals surface area (Å²) in [7, 11) is -2.34. The minimum Gasteiger partial charge on any atom is -0.491 e. The van der Waals surface area contributed by atoms with Crippen LogP contribution in [0.4, 0.5) is 5.69 Å². The summed E-state index contributed by atoms with van der Waals surface area (Å²) in [6, 6.07) is 11.8. The van der Waals surface area contributed by atoms with Gasteiger partial charge in [0, 0.05) is 45.7 Å².